The quantitative estimate of drug-likeness (QED) is 0.816. The number of hydrogen-bond donors (Lipinski definition) is 1. The van der Waals surface area contributed by atoms with Gasteiger partial charge in [0.25, 0.3) is 0 Å². The summed E-state index contributed by atoms with van der Waals surface area (Å²) < 4.78 is 72.5. The second-order valence-corrected chi connectivity index (χ2v) is 4.76. The molecule has 0 heterocycles. The number of nitrogens with one attached hydrogen (secondary N) is 1. The lowest BCUT2D eigenvalue weighted by atomic mass is 10.1. The van der Waals surface area contributed by atoms with Crippen LogP contribution < -0.4 is 14.8 Å². The number of alkyl halides is 5. The summed E-state index contributed by atoms with van der Waals surface area (Å²) in [4.78, 5) is 0. The lowest BCUT2D eigenvalue weighted by Gasteiger charge is -2.22. The van der Waals surface area contributed by atoms with Gasteiger partial charge in [0, 0.05) is 12.1 Å². The van der Waals surface area contributed by atoms with E-state index in [1.54, 1.807) is 0 Å². The molecule has 2 rings (SSSR count). The predicted molar refractivity (Wildman–Crippen MR) is 64.5 cm³/mol. The first kappa shape index (κ1) is 15.8. The van der Waals surface area contributed by atoms with E-state index in [1.165, 1.54) is 25.3 Å². The van der Waals surface area contributed by atoms with E-state index < -0.39 is 18.3 Å². The van der Waals surface area contributed by atoms with Crippen molar-refractivity contribution in [2.45, 2.75) is 37.7 Å². The predicted octanol–water partition coefficient (Wildman–Crippen LogP) is 3.48. The molecule has 3 nitrogen and oxygen atoms in total. The highest BCUT2D eigenvalue weighted by Gasteiger charge is 2.62. The summed E-state index contributed by atoms with van der Waals surface area (Å²) in [7, 11) is 1.27. The summed E-state index contributed by atoms with van der Waals surface area (Å²) in [6, 6.07) is 4.32. The van der Waals surface area contributed by atoms with Crippen molar-refractivity contribution in [1.82, 2.24) is 5.32 Å². The zero-order valence-corrected chi connectivity index (χ0v) is 11.1. The fraction of sp³-hybridized carbons (Fsp3) is 0.538. The molecule has 0 spiro atoms. The smallest absolute Gasteiger partial charge is 0.406 e. The minimum absolute atomic E-state index is 0.0223. The van der Waals surface area contributed by atoms with Crippen LogP contribution in [0.5, 0.6) is 11.5 Å². The lowest BCUT2D eigenvalue weighted by molar-refractivity contribution is -0.166. The summed E-state index contributed by atoms with van der Waals surface area (Å²) >= 11 is 0. The van der Waals surface area contributed by atoms with E-state index in [9.17, 15) is 22.0 Å². The summed E-state index contributed by atoms with van der Waals surface area (Å²) in [5.41, 5.74) is -1.73. The van der Waals surface area contributed by atoms with E-state index in [2.05, 4.69) is 10.1 Å². The van der Waals surface area contributed by atoms with Crippen LogP contribution in [0.4, 0.5) is 22.0 Å². The van der Waals surface area contributed by atoms with Crippen molar-refractivity contribution in [3.8, 4) is 11.5 Å². The fourth-order valence-corrected chi connectivity index (χ4v) is 2.03. The number of hydrogen-bond acceptors (Lipinski definition) is 3. The summed E-state index contributed by atoms with van der Waals surface area (Å²) in [6.45, 7) is -3.32. The minimum Gasteiger partial charge on any atom is -0.493 e. The zero-order valence-electron chi connectivity index (χ0n) is 11.1. The monoisotopic (exact) mass is 311 g/mol. The van der Waals surface area contributed by atoms with Crippen molar-refractivity contribution in [2.75, 3.05) is 7.11 Å². The van der Waals surface area contributed by atoms with Gasteiger partial charge in [0.05, 0.1) is 7.11 Å². The molecular weight excluding hydrogens is 297 g/mol. The average Bonchev–Trinajstić information content (AvgIpc) is 3.17. The zero-order chi connectivity index (χ0) is 15.7. The first-order valence-corrected chi connectivity index (χ1v) is 6.21. The Kier molecular flexibility index (Phi) is 4.27. The van der Waals surface area contributed by atoms with Gasteiger partial charge in [-0.1, -0.05) is 12.1 Å². The molecule has 1 N–H and O–H groups in total. The van der Waals surface area contributed by atoms with Gasteiger partial charge in [-0.2, -0.15) is 22.0 Å². The Morgan fingerprint density at radius 3 is 2.43 bits per heavy atom. The third kappa shape index (κ3) is 3.37. The van der Waals surface area contributed by atoms with Gasteiger partial charge in [-0.25, -0.2) is 0 Å². The Labute approximate surface area is 118 Å². The largest absolute Gasteiger partial charge is 0.493 e. The van der Waals surface area contributed by atoms with Crippen molar-refractivity contribution in [3.63, 3.8) is 0 Å². The number of ether oxygens (including phenoxy) is 2. The van der Waals surface area contributed by atoms with Gasteiger partial charge >= 0.3 is 12.8 Å². The highest BCUT2D eigenvalue weighted by molar-refractivity contribution is 5.46. The van der Waals surface area contributed by atoms with Crippen molar-refractivity contribution >= 4 is 0 Å². The Hall–Kier alpha value is -1.57. The topological polar surface area (TPSA) is 30.5 Å². The molecule has 1 aliphatic carbocycles. The molecule has 0 bridgehead atoms. The molecule has 118 valence electrons. The number of halogens is 5. The van der Waals surface area contributed by atoms with E-state index in [1.807, 2.05) is 0 Å². The molecule has 0 saturated heterocycles. The molecule has 1 aromatic carbocycles. The molecule has 21 heavy (non-hydrogen) atoms. The number of rotatable bonds is 6. The molecule has 0 aromatic heterocycles. The van der Waals surface area contributed by atoms with Crippen LogP contribution in [-0.4, -0.2) is 25.4 Å². The Bertz CT molecular complexity index is 500. The van der Waals surface area contributed by atoms with Crippen molar-refractivity contribution in [3.05, 3.63) is 23.8 Å². The third-order valence-corrected chi connectivity index (χ3v) is 3.40. The maximum absolute atomic E-state index is 12.8. The van der Waals surface area contributed by atoms with E-state index in [-0.39, 0.29) is 36.4 Å². The lowest BCUT2D eigenvalue weighted by Crippen LogP contribution is -2.44. The van der Waals surface area contributed by atoms with E-state index in [4.69, 9.17) is 4.74 Å². The molecule has 0 atom stereocenters. The molecule has 1 fully saturated rings. The fourth-order valence-electron chi connectivity index (χ4n) is 2.03. The van der Waals surface area contributed by atoms with Crippen molar-refractivity contribution in [2.24, 2.45) is 0 Å². The van der Waals surface area contributed by atoms with Crippen LogP contribution in [0.2, 0.25) is 0 Å². The molecule has 1 saturated carbocycles. The molecule has 8 heteroatoms. The van der Waals surface area contributed by atoms with Gasteiger partial charge in [-0.3, -0.25) is 5.32 Å². The first-order chi connectivity index (χ1) is 9.79. The maximum atomic E-state index is 12.8. The molecule has 0 amide bonds. The van der Waals surface area contributed by atoms with Crippen LogP contribution >= 0.6 is 0 Å². The van der Waals surface area contributed by atoms with Crippen LogP contribution in [0, 0.1) is 0 Å². The van der Waals surface area contributed by atoms with Gasteiger partial charge in [-0.15, -0.1) is 0 Å². The van der Waals surface area contributed by atoms with E-state index in [0.29, 0.717) is 0 Å². The van der Waals surface area contributed by atoms with Crippen molar-refractivity contribution in [1.29, 1.82) is 0 Å². The Morgan fingerprint density at radius 2 is 1.95 bits per heavy atom. The highest BCUT2D eigenvalue weighted by atomic mass is 19.4. The molecule has 1 aliphatic rings. The summed E-state index contributed by atoms with van der Waals surface area (Å²) in [6.07, 6.45) is -4.41. The van der Waals surface area contributed by atoms with E-state index >= 15 is 0 Å². The molecule has 0 aliphatic heterocycles. The number of benzene rings is 1. The standard InChI is InChI=1S/C13H14F5NO2/c1-20-9-4-2-3-8(10(9)21-11(14)15)7-19-12(5-6-12)13(16,17)18/h2-4,11,19H,5-7H2,1H3. The third-order valence-electron chi connectivity index (χ3n) is 3.40. The second-order valence-electron chi connectivity index (χ2n) is 4.76. The van der Waals surface area contributed by atoms with E-state index in [0.717, 1.165) is 0 Å². The van der Waals surface area contributed by atoms with Crippen molar-refractivity contribution < 1.29 is 31.4 Å². The van der Waals surface area contributed by atoms with Crippen LogP contribution in [0.1, 0.15) is 18.4 Å². The normalized spacial score (nSPS) is 16.9. The Morgan fingerprint density at radius 1 is 1.29 bits per heavy atom. The SMILES string of the molecule is COc1cccc(CNC2(C(F)(F)F)CC2)c1OC(F)F. The van der Waals surface area contributed by atoms with Gasteiger partial charge < -0.3 is 9.47 Å². The Balaban J connectivity index is 2.16. The number of methoxy groups -OCH3 is 1. The van der Waals surface area contributed by atoms with Crippen LogP contribution in [0.3, 0.4) is 0 Å². The average molecular weight is 311 g/mol. The van der Waals surface area contributed by atoms with Crippen LogP contribution in [0.15, 0.2) is 18.2 Å². The molecule has 0 radical (unpaired) electrons. The second kappa shape index (κ2) is 5.67. The summed E-state index contributed by atoms with van der Waals surface area (Å²) in [5.74, 6) is -0.202. The van der Waals surface area contributed by atoms with Gasteiger partial charge in [0.2, 0.25) is 0 Å². The highest BCUT2D eigenvalue weighted by Crippen LogP contribution is 2.49. The summed E-state index contributed by atoms with van der Waals surface area (Å²) in [5, 5.41) is 2.39. The maximum Gasteiger partial charge on any atom is 0.406 e. The molecule has 0 unspecified atom stereocenters. The minimum atomic E-state index is -4.37. The number of para-hydroxylation sites is 1. The van der Waals surface area contributed by atoms with Crippen LogP contribution in [-0.2, 0) is 6.54 Å². The molecule has 1 aromatic rings. The van der Waals surface area contributed by atoms with Gasteiger partial charge in [0.1, 0.15) is 5.54 Å². The first-order valence-electron chi connectivity index (χ1n) is 6.21. The van der Waals surface area contributed by atoms with Gasteiger partial charge in [0.15, 0.2) is 11.5 Å². The van der Waals surface area contributed by atoms with Crippen LogP contribution in [0.25, 0.3) is 0 Å². The van der Waals surface area contributed by atoms with Gasteiger partial charge in [-0.05, 0) is 18.9 Å². The molecular formula is C13H14F5NO2.